The van der Waals surface area contributed by atoms with Crippen molar-refractivity contribution < 1.29 is 9.53 Å². The first kappa shape index (κ1) is 19.6. The molecule has 0 aliphatic carbocycles. The zero-order valence-electron chi connectivity index (χ0n) is 17.0. The molecule has 3 aromatic rings. The highest BCUT2D eigenvalue weighted by Crippen LogP contribution is 2.20. The molecule has 28 heavy (non-hydrogen) atoms. The van der Waals surface area contributed by atoms with Crippen LogP contribution in [-0.4, -0.2) is 63.1 Å². The number of rotatable bonds is 5. The Morgan fingerprint density at radius 2 is 1.96 bits per heavy atom. The Hall–Kier alpha value is -3.16. The van der Waals surface area contributed by atoms with Crippen LogP contribution in [0, 0.1) is 0 Å². The Balaban J connectivity index is 1.69. The zero-order chi connectivity index (χ0) is 20.3. The number of imidazole rings is 1. The lowest BCUT2D eigenvalue weighted by molar-refractivity contribution is 0.0303. The van der Waals surface area contributed by atoms with Gasteiger partial charge in [0.15, 0.2) is 0 Å². The van der Waals surface area contributed by atoms with Crippen LogP contribution in [0.1, 0.15) is 20.8 Å². The Labute approximate surface area is 164 Å². The van der Waals surface area contributed by atoms with Gasteiger partial charge in [-0.2, -0.15) is 0 Å². The molecule has 148 valence electrons. The standard InChI is InChI=1S/C20H26N6O2/c1-20(2,3)28-19(27)25(5)12-11-24(4)17-14-22-18-23-16(8-10-26(17)18)15-7-6-9-21-13-15/h6-10,13-14H,11-12H2,1-5H3. The zero-order valence-corrected chi connectivity index (χ0v) is 17.0. The Kier molecular flexibility index (Phi) is 5.48. The van der Waals surface area contributed by atoms with Crippen LogP contribution < -0.4 is 4.90 Å². The smallest absolute Gasteiger partial charge is 0.410 e. The molecule has 1 amide bonds. The van der Waals surface area contributed by atoms with Gasteiger partial charge in [0.2, 0.25) is 5.78 Å². The van der Waals surface area contributed by atoms with Crippen molar-refractivity contribution in [2.45, 2.75) is 26.4 Å². The van der Waals surface area contributed by atoms with E-state index in [1.165, 1.54) is 0 Å². The van der Waals surface area contributed by atoms with Gasteiger partial charge in [0, 0.05) is 51.3 Å². The van der Waals surface area contributed by atoms with E-state index in [1.54, 1.807) is 30.5 Å². The minimum Gasteiger partial charge on any atom is -0.444 e. The molecular weight excluding hydrogens is 356 g/mol. The number of likely N-dealkylation sites (N-methyl/N-ethyl adjacent to an activating group) is 2. The fourth-order valence-corrected chi connectivity index (χ4v) is 2.66. The number of carbonyl (C=O) groups excluding carboxylic acids is 1. The molecule has 3 rings (SSSR count). The first-order valence-electron chi connectivity index (χ1n) is 9.14. The molecule has 8 nitrogen and oxygen atoms in total. The fourth-order valence-electron chi connectivity index (χ4n) is 2.66. The summed E-state index contributed by atoms with van der Waals surface area (Å²) in [5.74, 6) is 1.52. The number of amides is 1. The largest absolute Gasteiger partial charge is 0.444 e. The summed E-state index contributed by atoms with van der Waals surface area (Å²) in [5.41, 5.74) is 1.27. The molecule has 0 saturated heterocycles. The van der Waals surface area contributed by atoms with Crippen molar-refractivity contribution in [3.05, 3.63) is 43.0 Å². The molecule has 0 fully saturated rings. The predicted molar refractivity (Wildman–Crippen MR) is 108 cm³/mol. The van der Waals surface area contributed by atoms with Crippen molar-refractivity contribution in [1.29, 1.82) is 0 Å². The minimum absolute atomic E-state index is 0.332. The van der Waals surface area contributed by atoms with Crippen LogP contribution in [0.5, 0.6) is 0 Å². The second-order valence-corrected chi connectivity index (χ2v) is 7.66. The van der Waals surface area contributed by atoms with Crippen molar-refractivity contribution in [2.75, 3.05) is 32.1 Å². The quantitative estimate of drug-likeness (QED) is 0.675. The topological polar surface area (TPSA) is 75.9 Å². The van der Waals surface area contributed by atoms with Crippen LogP contribution in [-0.2, 0) is 4.74 Å². The van der Waals surface area contributed by atoms with Crippen LogP contribution in [0.3, 0.4) is 0 Å². The van der Waals surface area contributed by atoms with Crippen LogP contribution in [0.25, 0.3) is 17.0 Å². The number of fused-ring (bicyclic) bond motifs is 1. The summed E-state index contributed by atoms with van der Waals surface area (Å²) in [6, 6.07) is 5.79. The van der Waals surface area contributed by atoms with Gasteiger partial charge in [-0.15, -0.1) is 0 Å². The molecule has 0 unspecified atom stereocenters. The summed E-state index contributed by atoms with van der Waals surface area (Å²) in [7, 11) is 3.69. The van der Waals surface area contributed by atoms with E-state index in [2.05, 4.69) is 15.0 Å². The number of aromatic nitrogens is 4. The highest BCUT2D eigenvalue weighted by molar-refractivity contribution is 5.67. The normalized spacial score (nSPS) is 11.5. The van der Waals surface area contributed by atoms with Gasteiger partial charge >= 0.3 is 6.09 Å². The summed E-state index contributed by atoms with van der Waals surface area (Å²) in [6.07, 6.45) is 6.91. The first-order valence-corrected chi connectivity index (χ1v) is 9.14. The molecule has 0 atom stereocenters. The van der Waals surface area contributed by atoms with Crippen molar-refractivity contribution in [1.82, 2.24) is 24.3 Å². The number of carbonyl (C=O) groups is 1. The second-order valence-electron chi connectivity index (χ2n) is 7.66. The SMILES string of the molecule is CN(CCN(C)c1cnc2nc(-c3cccnc3)ccn12)C(=O)OC(C)(C)C. The summed E-state index contributed by atoms with van der Waals surface area (Å²) in [5, 5.41) is 0. The molecular formula is C20H26N6O2. The molecule has 3 heterocycles. The highest BCUT2D eigenvalue weighted by Gasteiger charge is 2.20. The maximum absolute atomic E-state index is 12.1. The van der Waals surface area contributed by atoms with Crippen molar-refractivity contribution in [3.63, 3.8) is 0 Å². The van der Waals surface area contributed by atoms with Crippen molar-refractivity contribution in [2.24, 2.45) is 0 Å². The van der Waals surface area contributed by atoms with E-state index in [0.29, 0.717) is 18.9 Å². The number of anilines is 1. The molecule has 3 aromatic heterocycles. The monoisotopic (exact) mass is 382 g/mol. The van der Waals surface area contributed by atoms with Crippen molar-refractivity contribution >= 4 is 17.7 Å². The Morgan fingerprint density at radius 3 is 2.64 bits per heavy atom. The van der Waals surface area contributed by atoms with Crippen LogP contribution in [0.2, 0.25) is 0 Å². The number of pyridine rings is 1. The predicted octanol–water partition coefficient (Wildman–Crippen LogP) is 3.09. The van der Waals surface area contributed by atoms with E-state index in [4.69, 9.17) is 4.74 Å². The summed E-state index contributed by atoms with van der Waals surface area (Å²) in [6.45, 7) is 6.73. The number of hydrogen-bond acceptors (Lipinski definition) is 6. The van der Waals surface area contributed by atoms with Crippen LogP contribution in [0.4, 0.5) is 10.6 Å². The van der Waals surface area contributed by atoms with E-state index >= 15 is 0 Å². The Bertz CT molecular complexity index is 948. The molecule has 0 aliphatic rings. The van der Waals surface area contributed by atoms with Gasteiger partial charge in [0.25, 0.3) is 0 Å². The van der Waals surface area contributed by atoms with E-state index in [9.17, 15) is 4.79 Å². The molecule has 0 bridgehead atoms. The lowest BCUT2D eigenvalue weighted by atomic mass is 10.2. The van der Waals surface area contributed by atoms with Gasteiger partial charge in [0.05, 0.1) is 11.9 Å². The molecule has 0 spiro atoms. The molecule has 0 N–H and O–H groups in total. The van der Waals surface area contributed by atoms with Gasteiger partial charge < -0.3 is 14.5 Å². The molecule has 0 saturated carbocycles. The van der Waals surface area contributed by atoms with Crippen LogP contribution >= 0.6 is 0 Å². The minimum atomic E-state index is -0.503. The lowest BCUT2D eigenvalue weighted by Gasteiger charge is -2.26. The lowest BCUT2D eigenvalue weighted by Crippen LogP contribution is -2.38. The summed E-state index contributed by atoms with van der Waals surface area (Å²) >= 11 is 0. The van der Waals surface area contributed by atoms with E-state index in [-0.39, 0.29) is 6.09 Å². The van der Waals surface area contributed by atoms with Crippen LogP contribution in [0.15, 0.2) is 43.0 Å². The maximum Gasteiger partial charge on any atom is 0.410 e. The summed E-state index contributed by atoms with van der Waals surface area (Å²) in [4.78, 5) is 28.9. The highest BCUT2D eigenvalue weighted by atomic mass is 16.6. The second kappa shape index (κ2) is 7.84. The molecule has 8 heteroatoms. The Morgan fingerprint density at radius 1 is 1.18 bits per heavy atom. The van der Waals surface area contributed by atoms with Crippen molar-refractivity contribution in [3.8, 4) is 11.3 Å². The third-order valence-electron chi connectivity index (χ3n) is 4.18. The fraction of sp³-hybridized carbons (Fsp3) is 0.400. The van der Waals surface area contributed by atoms with E-state index < -0.39 is 5.60 Å². The van der Waals surface area contributed by atoms with Gasteiger partial charge in [-0.3, -0.25) is 9.38 Å². The molecule has 0 aliphatic heterocycles. The number of nitrogens with zero attached hydrogens (tertiary/aromatic N) is 6. The number of hydrogen-bond donors (Lipinski definition) is 0. The third-order valence-corrected chi connectivity index (χ3v) is 4.18. The summed E-state index contributed by atoms with van der Waals surface area (Å²) < 4.78 is 7.31. The molecule has 0 aromatic carbocycles. The molecule has 0 radical (unpaired) electrons. The van der Waals surface area contributed by atoms with Gasteiger partial charge in [0.1, 0.15) is 11.4 Å². The van der Waals surface area contributed by atoms with Gasteiger partial charge in [-0.05, 0) is 39.0 Å². The average Bonchev–Trinajstić information content (AvgIpc) is 3.08. The van der Waals surface area contributed by atoms with Gasteiger partial charge in [-0.25, -0.2) is 14.8 Å². The average molecular weight is 382 g/mol. The third kappa shape index (κ3) is 4.57. The van der Waals surface area contributed by atoms with Gasteiger partial charge in [-0.1, -0.05) is 0 Å². The first-order chi connectivity index (χ1) is 13.2. The number of ether oxygens (including phenoxy) is 1. The van der Waals surface area contributed by atoms with E-state index in [0.717, 1.165) is 17.1 Å². The maximum atomic E-state index is 12.1. The van der Waals surface area contributed by atoms with E-state index in [1.807, 2.05) is 61.5 Å².